The van der Waals surface area contributed by atoms with Crippen molar-refractivity contribution < 1.29 is 4.42 Å². The van der Waals surface area contributed by atoms with Gasteiger partial charge in [-0.1, -0.05) is 47.8 Å². The van der Waals surface area contributed by atoms with Gasteiger partial charge >= 0.3 is 0 Å². The lowest BCUT2D eigenvalue weighted by molar-refractivity contribution is 0.519. The van der Waals surface area contributed by atoms with Gasteiger partial charge in [-0.2, -0.15) is 0 Å². The van der Waals surface area contributed by atoms with E-state index in [-0.39, 0.29) is 4.83 Å². The van der Waals surface area contributed by atoms with Crippen molar-refractivity contribution in [2.75, 3.05) is 0 Å². The summed E-state index contributed by atoms with van der Waals surface area (Å²) in [4.78, 5) is 0.0637. The first-order valence-corrected chi connectivity index (χ1v) is 7.23. The minimum atomic E-state index is 0.0637. The van der Waals surface area contributed by atoms with Crippen LogP contribution in [0.15, 0.2) is 43.9 Å². The van der Waals surface area contributed by atoms with Gasteiger partial charge < -0.3 is 4.42 Å². The maximum absolute atomic E-state index is 5.39. The first-order valence-electron chi connectivity index (χ1n) is 4.72. The number of hydrogen-bond donors (Lipinski definition) is 0. The summed E-state index contributed by atoms with van der Waals surface area (Å²) in [6, 6.07) is 8.04. The number of benzene rings is 1. The van der Waals surface area contributed by atoms with Gasteiger partial charge in [0, 0.05) is 8.95 Å². The molecule has 1 atom stereocenters. The van der Waals surface area contributed by atoms with Crippen LogP contribution in [0.2, 0.25) is 0 Å². The van der Waals surface area contributed by atoms with Crippen LogP contribution in [0.25, 0.3) is 0 Å². The third kappa shape index (κ3) is 2.44. The van der Waals surface area contributed by atoms with Crippen molar-refractivity contribution >= 4 is 47.8 Å². The minimum Gasteiger partial charge on any atom is -0.468 e. The Morgan fingerprint density at radius 1 is 1.19 bits per heavy atom. The highest BCUT2D eigenvalue weighted by Gasteiger charge is 2.17. The largest absolute Gasteiger partial charge is 0.468 e. The number of halogens is 3. The Bertz CT molecular complexity index is 491. The van der Waals surface area contributed by atoms with Gasteiger partial charge in [-0.15, -0.1) is 0 Å². The van der Waals surface area contributed by atoms with Crippen LogP contribution < -0.4 is 0 Å². The topological polar surface area (TPSA) is 13.1 Å². The molecule has 0 saturated carbocycles. The van der Waals surface area contributed by atoms with Gasteiger partial charge in [0.15, 0.2) is 0 Å². The van der Waals surface area contributed by atoms with Crippen LogP contribution >= 0.6 is 47.8 Å². The fourth-order valence-electron chi connectivity index (χ4n) is 1.44. The molecule has 0 aliphatic heterocycles. The van der Waals surface area contributed by atoms with Gasteiger partial charge in [-0.25, -0.2) is 0 Å². The van der Waals surface area contributed by atoms with Gasteiger partial charge in [-0.05, 0) is 42.3 Å². The number of hydrogen-bond acceptors (Lipinski definition) is 1. The lowest BCUT2D eigenvalue weighted by Crippen LogP contribution is -1.93. The van der Waals surface area contributed by atoms with Crippen LogP contribution in [-0.2, 0) is 0 Å². The second-order valence-electron chi connectivity index (χ2n) is 3.50. The zero-order valence-electron chi connectivity index (χ0n) is 8.51. The van der Waals surface area contributed by atoms with Crippen molar-refractivity contribution in [1.82, 2.24) is 0 Å². The molecule has 84 valence electrons. The normalized spacial score (nSPS) is 12.8. The van der Waals surface area contributed by atoms with Crippen molar-refractivity contribution in [2.45, 2.75) is 11.8 Å². The molecule has 16 heavy (non-hydrogen) atoms. The van der Waals surface area contributed by atoms with Gasteiger partial charge in [0.05, 0.1) is 11.1 Å². The van der Waals surface area contributed by atoms with Crippen LogP contribution in [0.1, 0.15) is 21.7 Å². The van der Waals surface area contributed by atoms with Crippen LogP contribution in [0.5, 0.6) is 0 Å². The molecule has 0 radical (unpaired) electrons. The van der Waals surface area contributed by atoms with Crippen LogP contribution in [0, 0.1) is 6.92 Å². The average molecular weight is 409 g/mol. The molecular weight excluding hydrogens is 400 g/mol. The first-order chi connectivity index (χ1) is 7.59. The van der Waals surface area contributed by atoms with E-state index in [1.165, 1.54) is 5.56 Å². The Morgan fingerprint density at radius 3 is 2.56 bits per heavy atom. The smallest absolute Gasteiger partial charge is 0.121 e. The SMILES string of the molecule is Cc1cc(Br)c(C(Br)c2ccco2)cc1Br. The summed E-state index contributed by atoms with van der Waals surface area (Å²) in [6.07, 6.45) is 1.68. The van der Waals surface area contributed by atoms with Crippen LogP contribution in [0.3, 0.4) is 0 Å². The molecule has 1 unspecified atom stereocenters. The van der Waals surface area contributed by atoms with Crippen LogP contribution in [-0.4, -0.2) is 0 Å². The van der Waals surface area contributed by atoms with E-state index in [0.29, 0.717) is 0 Å². The number of rotatable bonds is 2. The maximum Gasteiger partial charge on any atom is 0.121 e. The molecule has 1 nitrogen and oxygen atoms in total. The summed E-state index contributed by atoms with van der Waals surface area (Å²) in [5.41, 5.74) is 2.35. The first kappa shape index (κ1) is 12.4. The van der Waals surface area contributed by atoms with Gasteiger partial charge in [0.1, 0.15) is 5.76 Å². The summed E-state index contributed by atoms with van der Waals surface area (Å²) in [7, 11) is 0. The van der Waals surface area contributed by atoms with Gasteiger partial charge in [0.2, 0.25) is 0 Å². The molecule has 0 saturated heterocycles. The Labute approximate surface area is 120 Å². The highest BCUT2D eigenvalue weighted by Crippen LogP contribution is 2.38. The molecule has 0 spiro atoms. The van der Waals surface area contributed by atoms with E-state index < -0.39 is 0 Å². The predicted molar refractivity (Wildman–Crippen MR) is 76.1 cm³/mol. The molecule has 0 amide bonds. The van der Waals surface area contributed by atoms with E-state index in [9.17, 15) is 0 Å². The van der Waals surface area contributed by atoms with E-state index in [1.807, 2.05) is 12.1 Å². The van der Waals surface area contributed by atoms with Crippen molar-refractivity contribution in [2.24, 2.45) is 0 Å². The molecule has 2 aromatic rings. The van der Waals surface area contributed by atoms with E-state index in [0.717, 1.165) is 20.3 Å². The number of alkyl halides is 1. The molecule has 1 aromatic heterocycles. The van der Waals surface area contributed by atoms with Gasteiger partial charge in [-0.3, -0.25) is 0 Å². The number of aryl methyl sites for hydroxylation is 1. The van der Waals surface area contributed by atoms with Gasteiger partial charge in [0.25, 0.3) is 0 Å². The predicted octanol–water partition coefficient (Wildman–Crippen LogP) is 5.60. The molecule has 1 heterocycles. The Balaban J connectivity index is 2.44. The van der Waals surface area contributed by atoms with E-state index >= 15 is 0 Å². The molecule has 0 bridgehead atoms. The zero-order valence-corrected chi connectivity index (χ0v) is 13.3. The third-order valence-corrected chi connectivity index (χ3v) is 4.83. The summed E-state index contributed by atoms with van der Waals surface area (Å²) in [6.45, 7) is 2.06. The quantitative estimate of drug-likeness (QED) is 0.590. The summed E-state index contributed by atoms with van der Waals surface area (Å²) in [5.74, 6) is 0.899. The average Bonchev–Trinajstić information content (AvgIpc) is 2.75. The third-order valence-electron chi connectivity index (χ3n) is 2.34. The second-order valence-corrected chi connectivity index (χ2v) is 6.13. The molecule has 1 aromatic carbocycles. The van der Waals surface area contributed by atoms with E-state index in [2.05, 4.69) is 66.8 Å². The molecule has 0 aliphatic rings. The zero-order chi connectivity index (χ0) is 11.7. The Morgan fingerprint density at radius 2 is 1.94 bits per heavy atom. The fourth-order valence-corrected chi connectivity index (χ4v) is 3.44. The molecule has 0 aliphatic carbocycles. The molecule has 2 rings (SSSR count). The monoisotopic (exact) mass is 406 g/mol. The highest BCUT2D eigenvalue weighted by atomic mass is 79.9. The minimum absolute atomic E-state index is 0.0637. The standard InChI is InChI=1S/C12H9Br3O/c1-7-5-10(14)8(6-9(7)13)12(15)11-3-2-4-16-11/h2-6,12H,1H3. The lowest BCUT2D eigenvalue weighted by atomic mass is 10.1. The molecule has 0 N–H and O–H groups in total. The molecular formula is C12H9Br3O. The summed E-state index contributed by atoms with van der Waals surface area (Å²) in [5, 5.41) is 0. The Hall–Kier alpha value is -0.0600. The summed E-state index contributed by atoms with van der Waals surface area (Å²) < 4.78 is 7.57. The van der Waals surface area contributed by atoms with E-state index in [1.54, 1.807) is 6.26 Å². The van der Waals surface area contributed by atoms with Crippen molar-refractivity contribution in [3.63, 3.8) is 0 Å². The lowest BCUT2D eigenvalue weighted by Gasteiger charge is -2.11. The highest BCUT2D eigenvalue weighted by molar-refractivity contribution is 9.11. The Kier molecular flexibility index (Phi) is 3.93. The number of furan rings is 1. The van der Waals surface area contributed by atoms with Crippen molar-refractivity contribution in [1.29, 1.82) is 0 Å². The van der Waals surface area contributed by atoms with E-state index in [4.69, 9.17) is 4.42 Å². The second kappa shape index (κ2) is 5.07. The van der Waals surface area contributed by atoms with Crippen molar-refractivity contribution in [3.8, 4) is 0 Å². The maximum atomic E-state index is 5.39. The van der Waals surface area contributed by atoms with Crippen LogP contribution in [0.4, 0.5) is 0 Å². The molecule has 4 heteroatoms. The van der Waals surface area contributed by atoms with Crippen molar-refractivity contribution in [3.05, 3.63) is 56.4 Å². The molecule has 0 fully saturated rings. The summed E-state index contributed by atoms with van der Waals surface area (Å²) >= 11 is 10.8. The fraction of sp³-hybridized carbons (Fsp3) is 0.167.